The Balaban J connectivity index is 2.39. The van der Waals surface area contributed by atoms with Crippen LogP contribution in [0.25, 0.3) is 32.3 Å². The molecule has 4 aromatic carbocycles. The lowest BCUT2D eigenvalue weighted by Gasteiger charge is -2.26. The van der Waals surface area contributed by atoms with Crippen LogP contribution in [0.3, 0.4) is 0 Å². The van der Waals surface area contributed by atoms with E-state index in [9.17, 15) is 0 Å². The van der Waals surface area contributed by atoms with Crippen molar-refractivity contribution < 1.29 is 0 Å². The predicted molar refractivity (Wildman–Crippen MR) is 183 cm³/mol. The summed E-state index contributed by atoms with van der Waals surface area (Å²) in [4.78, 5) is 0. The van der Waals surface area contributed by atoms with Crippen LogP contribution in [0.5, 0.6) is 0 Å². The lowest BCUT2D eigenvalue weighted by molar-refractivity contribution is 0.591. The van der Waals surface area contributed by atoms with E-state index in [1.54, 1.807) is 0 Å². The monoisotopic (exact) mass is 662 g/mol. The Kier molecular flexibility index (Phi) is 7.37. The van der Waals surface area contributed by atoms with Gasteiger partial charge < -0.3 is 0 Å². The molecule has 0 amide bonds. The van der Waals surface area contributed by atoms with Gasteiger partial charge in [0.25, 0.3) is 0 Å². The molecular weight excluding hydrogens is 624 g/mol. The van der Waals surface area contributed by atoms with Gasteiger partial charge in [0, 0.05) is 30.8 Å². The van der Waals surface area contributed by atoms with Gasteiger partial charge in [-0.25, -0.2) is 0 Å². The molecule has 0 heterocycles. The predicted octanol–water partition coefficient (Wildman–Crippen LogP) is 11.2. The van der Waals surface area contributed by atoms with E-state index >= 15 is 0 Å². The Hall–Kier alpha value is -1.57. The molecule has 0 bridgehead atoms. The Morgan fingerprint density at radius 2 is 0.816 bits per heavy atom. The summed E-state index contributed by atoms with van der Waals surface area (Å²) in [7, 11) is -3.17. The van der Waals surface area contributed by atoms with Crippen LogP contribution in [0.4, 0.5) is 0 Å². The van der Waals surface area contributed by atoms with Gasteiger partial charge >= 0.3 is 0 Å². The Morgan fingerprint density at radius 3 is 1.08 bits per heavy atom. The smallest absolute Gasteiger partial charge is 0.127 e. The van der Waals surface area contributed by atoms with Crippen LogP contribution in [0, 0.1) is 22.9 Å². The van der Waals surface area contributed by atoms with Crippen molar-refractivity contribution >= 4 is 80.3 Å². The first-order valence-corrected chi connectivity index (χ1v) is 22.0. The molecule has 4 aromatic rings. The van der Waals surface area contributed by atoms with Gasteiger partial charge in [0.2, 0.25) is 0 Å². The van der Waals surface area contributed by atoms with Crippen LogP contribution < -0.4 is 0 Å². The first kappa shape index (κ1) is 29.4. The summed E-state index contributed by atoms with van der Waals surface area (Å²) in [6.45, 7) is 27.6. The van der Waals surface area contributed by atoms with Crippen LogP contribution in [0.2, 0.25) is 39.3 Å². The molecule has 0 aromatic heterocycles. The first-order valence-electron chi connectivity index (χ1n) is 13.4. The van der Waals surface area contributed by atoms with Gasteiger partial charge in [0.1, 0.15) is 16.1 Å². The normalized spacial score (nSPS) is 13.1. The highest BCUT2D eigenvalue weighted by Crippen LogP contribution is 2.48. The molecule has 0 spiro atoms. The van der Waals surface area contributed by atoms with Crippen molar-refractivity contribution in [3.05, 3.63) is 55.5 Å². The van der Waals surface area contributed by atoms with Gasteiger partial charge in [-0.1, -0.05) is 92.7 Å². The van der Waals surface area contributed by atoms with E-state index in [4.69, 9.17) is 0 Å². The summed E-state index contributed by atoms with van der Waals surface area (Å²) >= 11 is 8.18. The third kappa shape index (κ3) is 5.66. The summed E-state index contributed by atoms with van der Waals surface area (Å²) in [5, 5.41) is 7.51. The maximum atomic E-state index is 4.09. The SMILES string of the molecule is CC(C)(C)c1cc2c(Br)c(C#C[Si](C)(C)C)c3cc(C(C)(C)C)cc4c(Br)c(C#C[Si](C)(C)C)c(c1)c2c43. The Morgan fingerprint density at radius 1 is 0.526 bits per heavy atom. The molecule has 0 saturated carbocycles. The van der Waals surface area contributed by atoms with E-state index in [-0.39, 0.29) is 10.8 Å². The third-order valence-electron chi connectivity index (χ3n) is 6.83. The van der Waals surface area contributed by atoms with Crippen molar-refractivity contribution in [3.63, 3.8) is 0 Å². The van der Waals surface area contributed by atoms with Crippen molar-refractivity contribution in [1.29, 1.82) is 0 Å². The van der Waals surface area contributed by atoms with Crippen LogP contribution in [-0.4, -0.2) is 16.1 Å². The molecule has 0 fully saturated rings. The molecule has 0 atom stereocenters. The second-order valence-corrected chi connectivity index (χ2v) is 25.9. The van der Waals surface area contributed by atoms with Gasteiger partial charge in [-0.15, -0.1) is 11.1 Å². The maximum Gasteiger partial charge on any atom is 0.129 e. The van der Waals surface area contributed by atoms with Crippen LogP contribution in [0.1, 0.15) is 63.8 Å². The molecule has 0 radical (unpaired) electrons. The highest BCUT2D eigenvalue weighted by atomic mass is 79.9. The van der Waals surface area contributed by atoms with Crippen molar-refractivity contribution in [2.75, 3.05) is 0 Å². The van der Waals surface area contributed by atoms with Gasteiger partial charge in [0.15, 0.2) is 0 Å². The molecule has 4 rings (SSSR count). The minimum absolute atomic E-state index is 0.00339. The van der Waals surface area contributed by atoms with Crippen molar-refractivity contribution in [1.82, 2.24) is 0 Å². The summed E-state index contributed by atoms with van der Waals surface area (Å²) in [5.74, 6) is 7.36. The van der Waals surface area contributed by atoms with E-state index in [0.29, 0.717) is 0 Å². The first-order chi connectivity index (χ1) is 17.2. The molecule has 0 nitrogen and oxygen atoms in total. The summed E-state index contributed by atoms with van der Waals surface area (Å²) < 4.78 is 2.20. The molecule has 0 saturated heterocycles. The fourth-order valence-electron chi connectivity index (χ4n) is 4.68. The van der Waals surface area contributed by atoms with E-state index in [0.717, 1.165) is 20.1 Å². The van der Waals surface area contributed by atoms with E-state index in [1.165, 1.54) is 43.4 Å². The molecule has 0 aliphatic carbocycles. The van der Waals surface area contributed by atoms with Crippen molar-refractivity contribution in [2.24, 2.45) is 0 Å². The van der Waals surface area contributed by atoms with Crippen LogP contribution >= 0.6 is 31.9 Å². The van der Waals surface area contributed by atoms with Crippen LogP contribution in [0.15, 0.2) is 33.2 Å². The Bertz CT molecular complexity index is 1580. The number of hydrogen-bond acceptors (Lipinski definition) is 0. The second-order valence-electron chi connectivity index (χ2n) is 14.8. The fourth-order valence-corrected chi connectivity index (χ4v) is 6.93. The number of halogens is 2. The standard InChI is InChI=1S/C34H40Br2Si2/c1-33(2,3)21-17-25-23(13-15-37(7,8)9)32(36)28-20-22(34(4,5)6)18-26-24(14-16-38(10,11)12)31(35)27(19-21)29(25)30(26)28/h17-20H,1-12H3. The van der Waals surface area contributed by atoms with Gasteiger partial charge in [-0.05, 0) is 99.6 Å². The van der Waals surface area contributed by atoms with E-state index in [2.05, 4.69) is 160 Å². The maximum absolute atomic E-state index is 4.09. The Labute approximate surface area is 249 Å². The molecule has 4 heteroatoms. The van der Waals surface area contributed by atoms with Gasteiger partial charge in [0.05, 0.1) is 0 Å². The van der Waals surface area contributed by atoms with Crippen molar-refractivity contribution in [2.45, 2.75) is 91.7 Å². The zero-order valence-electron chi connectivity index (χ0n) is 25.1. The third-order valence-corrected chi connectivity index (χ3v) is 10.2. The number of rotatable bonds is 0. The summed E-state index contributed by atoms with van der Waals surface area (Å²) in [6, 6.07) is 9.54. The van der Waals surface area contributed by atoms with E-state index < -0.39 is 16.1 Å². The van der Waals surface area contributed by atoms with E-state index in [1.807, 2.05) is 0 Å². The van der Waals surface area contributed by atoms with Crippen LogP contribution in [-0.2, 0) is 10.8 Å². The van der Waals surface area contributed by atoms with Gasteiger partial charge in [-0.3, -0.25) is 0 Å². The molecular formula is C34H40Br2Si2. The average molecular weight is 665 g/mol. The highest BCUT2D eigenvalue weighted by molar-refractivity contribution is 9.11. The molecule has 0 aliphatic rings. The largest absolute Gasteiger partial charge is 0.129 e. The lowest BCUT2D eigenvalue weighted by Crippen LogP contribution is -2.16. The quantitative estimate of drug-likeness (QED) is 0.0997. The summed E-state index contributed by atoms with van der Waals surface area (Å²) in [5.41, 5.74) is 12.2. The topological polar surface area (TPSA) is 0 Å². The fraction of sp³-hybridized carbons (Fsp3) is 0.412. The molecule has 38 heavy (non-hydrogen) atoms. The lowest BCUT2D eigenvalue weighted by atomic mass is 9.79. The molecule has 0 unspecified atom stereocenters. The van der Waals surface area contributed by atoms with Gasteiger partial charge in [-0.2, -0.15) is 0 Å². The molecule has 0 N–H and O–H groups in total. The zero-order valence-corrected chi connectivity index (χ0v) is 30.2. The molecule has 198 valence electrons. The van der Waals surface area contributed by atoms with Crippen molar-refractivity contribution in [3.8, 4) is 22.9 Å². The highest BCUT2D eigenvalue weighted by Gasteiger charge is 2.26. The number of benzene rings is 4. The number of hydrogen-bond donors (Lipinski definition) is 0. The minimum atomic E-state index is -1.59. The minimum Gasteiger partial charge on any atom is -0.127 e. The zero-order chi connectivity index (χ0) is 28.6. The average Bonchev–Trinajstić information content (AvgIpc) is 2.74. The second kappa shape index (κ2) is 9.52. The summed E-state index contributed by atoms with van der Waals surface area (Å²) in [6.07, 6.45) is 0. The molecule has 0 aliphatic heterocycles.